The number of hydrogen-bond donors (Lipinski definition) is 0. The van der Waals surface area contributed by atoms with E-state index in [0.717, 1.165) is 0 Å². The van der Waals surface area contributed by atoms with E-state index in [1.54, 1.807) is 12.1 Å². The normalized spacial score (nSPS) is 17.0. The third-order valence-corrected chi connectivity index (χ3v) is 2.98. The van der Waals surface area contributed by atoms with Crippen LogP contribution in [0.3, 0.4) is 0 Å². The lowest BCUT2D eigenvalue weighted by Crippen LogP contribution is -2.01. The van der Waals surface area contributed by atoms with E-state index in [4.69, 9.17) is 14.2 Å². The largest absolute Gasteiger partial charge is 0.494 e. The van der Waals surface area contributed by atoms with Gasteiger partial charge >= 0.3 is 0 Å². The quantitative estimate of drug-likeness (QED) is 0.831. The summed E-state index contributed by atoms with van der Waals surface area (Å²) in [7, 11) is 1.42. The molecule has 0 saturated carbocycles. The van der Waals surface area contributed by atoms with Crippen LogP contribution in [0.4, 0.5) is 4.39 Å². The Balaban J connectivity index is 2.36. The molecule has 0 radical (unpaired) electrons. The van der Waals surface area contributed by atoms with Crippen LogP contribution in [0.25, 0.3) is 0 Å². The number of ether oxygens (including phenoxy) is 3. The van der Waals surface area contributed by atoms with Crippen molar-refractivity contribution in [3.05, 3.63) is 28.0 Å². The summed E-state index contributed by atoms with van der Waals surface area (Å²) in [5.74, 6) is -0.238. The van der Waals surface area contributed by atoms with Gasteiger partial charge in [-0.25, -0.2) is 4.39 Å². The second kappa shape index (κ2) is 4.47. The average Bonchev–Trinajstić information content (AvgIpc) is 2.75. The molecule has 1 aliphatic heterocycles. The molecule has 0 amide bonds. The van der Waals surface area contributed by atoms with Crippen LogP contribution in [0.5, 0.6) is 5.75 Å². The van der Waals surface area contributed by atoms with E-state index in [1.165, 1.54) is 7.11 Å². The first kappa shape index (κ1) is 10.9. The Hall–Kier alpha value is -0.650. The topological polar surface area (TPSA) is 27.7 Å². The van der Waals surface area contributed by atoms with Gasteiger partial charge in [0, 0.05) is 5.56 Å². The first-order valence-electron chi connectivity index (χ1n) is 4.49. The molecule has 1 aromatic carbocycles. The van der Waals surface area contributed by atoms with Crippen molar-refractivity contribution in [2.45, 2.75) is 6.29 Å². The summed E-state index contributed by atoms with van der Waals surface area (Å²) in [6, 6.07) is 3.28. The summed E-state index contributed by atoms with van der Waals surface area (Å²) in [4.78, 5) is 0. The number of rotatable bonds is 2. The Morgan fingerprint density at radius 1 is 1.40 bits per heavy atom. The van der Waals surface area contributed by atoms with E-state index in [2.05, 4.69) is 15.9 Å². The molecule has 1 aliphatic rings. The van der Waals surface area contributed by atoms with Crippen LogP contribution >= 0.6 is 15.9 Å². The molecular weight excluding hydrogens is 267 g/mol. The molecule has 1 aromatic rings. The second-order valence-corrected chi connectivity index (χ2v) is 3.85. The molecule has 1 fully saturated rings. The third kappa shape index (κ3) is 2.00. The summed E-state index contributed by atoms with van der Waals surface area (Å²) in [5.41, 5.74) is 0.644. The number of hydrogen-bond acceptors (Lipinski definition) is 3. The van der Waals surface area contributed by atoms with Gasteiger partial charge in [0.05, 0.1) is 24.8 Å². The van der Waals surface area contributed by atoms with Crippen LogP contribution in [0.15, 0.2) is 16.6 Å². The maximum atomic E-state index is 13.6. The van der Waals surface area contributed by atoms with Gasteiger partial charge in [-0.1, -0.05) is 0 Å². The fraction of sp³-hybridized carbons (Fsp3) is 0.400. The molecule has 5 heteroatoms. The van der Waals surface area contributed by atoms with Crippen LogP contribution in [-0.4, -0.2) is 20.3 Å². The molecule has 0 aromatic heterocycles. The van der Waals surface area contributed by atoms with Gasteiger partial charge in [-0.2, -0.15) is 0 Å². The highest BCUT2D eigenvalue weighted by molar-refractivity contribution is 9.10. The fourth-order valence-electron chi connectivity index (χ4n) is 1.42. The van der Waals surface area contributed by atoms with E-state index < -0.39 is 12.1 Å². The van der Waals surface area contributed by atoms with Crippen molar-refractivity contribution in [3.63, 3.8) is 0 Å². The summed E-state index contributed by atoms with van der Waals surface area (Å²) in [6.45, 7) is 1.06. The summed E-state index contributed by atoms with van der Waals surface area (Å²) in [5, 5.41) is 0. The van der Waals surface area contributed by atoms with Crippen LogP contribution in [0.1, 0.15) is 11.9 Å². The molecular formula is C10H10BrFO3. The Bertz CT molecular complexity index is 364. The highest BCUT2D eigenvalue weighted by atomic mass is 79.9. The Morgan fingerprint density at radius 2 is 2.07 bits per heavy atom. The number of benzene rings is 1. The summed E-state index contributed by atoms with van der Waals surface area (Å²) in [6.07, 6.45) is -0.486. The van der Waals surface area contributed by atoms with Crippen LogP contribution in [-0.2, 0) is 9.47 Å². The monoisotopic (exact) mass is 276 g/mol. The third-order valence-electron chi connectivity index (χ3n) is 2.17. The zero-order valence-electron chi connectivity index (χ0n) is 8.13. The molecule has 1 saturated heterocycles. The predicted molar refractivity (Wildman–Crippen MR) is 55.3 cm³/mol. The minimum Gasteiger partial charge on any atom is -0.494 e. The molecule has 15 heavy (non-hydrogen) atoms. The molecule has 82 valence electrons. The van der Waals surface area contributed by atoms with Crippen LogP contribution in [0.2, 0.25) is 0 Å². The van der Waals surface area contributed by atoms with Gasteiger partial charge < -0.3 is 14.2 Å². The molecule has 0 unspecified atom stereocenters. The average molecular weight is 277 g/mol. The van der Waals surface area contributed by atoms with Crippen LogP contribution < -0.4 is 4.74 Å². The second-order valence-electron chi connectivity index (χ2n) is 3.06. The van der Waals surface area contributed by atoms with Gasteiger partial charge in [0.2, 0.25) is 0 Å². The maximum Gasteiger partial charge on any atom is 0.185 e. The molecule has 0 bridgehead atoms. The van der Waals surface area contributed by atoms with Gasteiger partial charge in [-0.3, -0.25) is 0 Å². The lowest BCUT2D eigenvalue weighted by Gasteiger charge is -2.13. The number of methoxy groups -OCH3 is 1. The van der Waals surface area contributed by atoms with Crippen molar-refractivity contribution in [2.24, 2.45) is 0 Å². The van der Waals surface area contributed by atoms with Crippen molar-refractivity contribution in [2.75, 3.05) is 20.3 Å². The van der Waals surface area contributed by atoms with E-state index in [-0.39, 0.29) is 5.75 Å². The van der Waals surface area contributed by atoms with Crippen molar-refractivity contribution in [3.8, 4) is 5.75 Å². The van der Waals surface area contributed by atoms with Crippen molar-refractivity contribution >= 4 is 15.9 Å². The van der Waals surface area contributed by atoms with E-state index in [0.29, 0.717) is 23.2 Å². The van der Waals surface area contributed by atoms with E-state index in [9.17, 15) is 4.39 Å². The zero-order chi connectivity index (χ0) is 10.8. The summed E-state index contributed by atoms with van der Waals surface area (Å²) >= 11 is 3.17. The summed E-state index contributed by atoms with van der Waals surface area (Å²) < 4.78 is 29.4. The van der Waals surface area contributed by atoms with E-state index in [1.807, 2.05) is 0 Å². The maximum absolute atomic E-state index is 13.6. The first-order chi connectivity index (χ1) is 7.24. The SMILES string of the molecule is COc1ccc(C2OCCO2)c(Br)c1F. The zero-order valence-corrected chi connectivity index (χ0v) is 9.71. The molecule has 0 N–H and O–H groups in total. The van der Waals surface area contributed by atoms with E-state index >= 15 is 0 Å². The minimum atomic E-state index is -0.486. The van der Waals surface area contributed by atoms with Gasteiger partial charge in [0.1, 0.15) is 0 Å². The Kier molecular flexibility index (Phi) is 3.23. The van der Waals surface area contributed by atoms with Crippen LogP contribution in [0, 0.1) is 5.82 Å². The fourth-order valence-corrected chi connectivity index (χ4v) is 1.94. The lowest BCUT2D eigenvalue weighted by molar-refractivity contribution is -0.0449. The smallest absolute Gasteiger partial charge is 0.185 e. The standard InChI is InChI=1S/C10H10BrFO3/c1-13-7-3-2-6(8(11)9(7)12)10-14-4-5-15-10/h2-3,10H,4-5H2,1H3. The molecule has 3 nitrogen and oxygen atoms in total. The number of halogens is 2. The lowest BCUT2D eigenvalue weighted by atomic mass is 10.2. The molecule has 0 spiro atoms. The minimum absolute atomic E-state index is 0.198. The highest BCUT2D eigenvalue weighted by Gasteiger charge is 2.23. The van der Waals surface area contributed by atoms with Crippen molar-refractivity contribution in [1.82, 2.24) is 0 Å². The van der Waals surface area contributed by atoms with Crippen molar-refractivity contribution in [1.29, 1.82) is 0 Å². The van der Waals surface area contributed by atoms with Crippen molar-refractivity contribution < 1.29 is 18.6 Å². The predicted octanol–water partition coefficient (Wildman–Crippen LogP) is 2.64. The van der Waals surface area contributed by atoms with Gasteiger partial charge in [-0.15, -0.1) is 0 Å². The molecule has 0 aliphatic carbocycles. The van der Waals surface area contributed by atoms with Gasteiger partial charge in [0.15, 0.2) is 17.9 Å². The molecule has 2 rings (SSSR count). The van der Waals surface area contributed by atoms with Gasteiger partial charge in [-0.05, 0) is 28.1 Å². The Labute approximate surface area is 95.3 Å². The molecule has 0 atom stereocenters. The molecule has 1 heterocycles. The first-order valence-corrected chi connectivity index (χ1v) is 5.28. The Morgan fingerprint density at radius 3 is 2.67 bits per heavy atom. The van der Waals surface area contributed by atoms with Gasteiger partial charge in [0.25, 0.3) is 0 Å². The highest BCUT2D eigenvalue weighted by Crippen LogP contribution is 2.35.